The van der Waals surface area contributed by atoms with E-state index >= 15 is 0 Å². The van der Waals surface area contributed by atoms with Crippen LogP contribution in [0, 0.1) is 3.57 Å². The van der Waals surface area contributed by atoms with Gasteiger partial charge in [0.1, 0.15) is 0 Å². The van der Waals surface area contributed by atoms with Crippen molar-refractivity contribution in [1.82, 2.24) is 19.7 Å². The minimum atomic E-state index is 0.370. The van der Waals surface area contributed by atoms with Gasteiger partial charge >= 0.3 is 0 Å². The van der Waals surface area contributed by atoms with Crippen molar-refractivity contribution in [2.24, 2.45) is 5.84 Å². The maximum absolute atomic E-state index is 5.39. The molecule has 0 radical (unpaired) electrons. The molecule has 0 saturated carbocycles. The topological polar surface area (TPSA) is 81.6 Å². The predicted octanol–water partition coefficient (Wildman–Crippen LogP) is 1.71. The molecule has 7 heteroatoms. The van der Waals surface area contributed by atoms with Crippen molar-refractivity contribution in [2.75, 3.05) is 5.43 Å². The number of halogens is 1. The van der Waals surface area contributed by atoms with Gasteiger partial charge in [-0.05, 0) is 34.7 Å². The number of aromatic nitrogens is 4. The molecule has 3 aromatic rings. The molecule has 3 N–H and O–H groups in total. The molecule has 6 nitrogen and oxygen atoms in total. The normalized spacial score (nSPS) is 10.8. The number of hydrogen-bond acceptors (Lipinski definition) is 5. The summed E-state index contributed by atoms with van der Waals surface area (Å²) in [5.41, 5.74) is 3.29. The van der Waals surface area contributed by atoms with Crippen LogP contribution in [0.15, 0.2) is 36.7 Å². The third kappa shape index (κ3) is 1.91. The van der Waals surface area contributed by atoms with Crippen LogP contribution < -0.4 is 11.3 Å². The highest BCUT2D eigenvalue weighted by molar-refractivity contribution is 14.1. The lowest BCUT2D eigenvalue weighted by Gasteiger charge is -2.07. The van der Waals surface area contributed by atoms with E-state index in [1.165, 1.54) is 0 Å². The first-order valence-electron chi connectivity index (χ1n) is 5.22. The Morgan fingerprint density at radius 2 is 2.06 bits per heavy atom. The number of hydrogen-bond donors (Lipinski definition) is 2. The third-order valence-corrected chi connectivity index (χ3v) is 3.04. The zero-order valence-corrected chi connectivity index (χ0v) is 11.4. The molecule has 3 rings (SSSR count). The first kappa shape index (κ1) is 11.4. The van der Waals surface area contributed by atoms with Crippen LogP contribution in [0.5, 0.6) is 0 Å². The van der Waals surface area contributed by atoms with Gasteiger partial charge in [-0.3, -0.25) is 5.43 Å². The molecule has 0 fully saturated rings. The Balaban J connectivity index is 2.32. The molecule has 0 unspecified atom stereocenters. The number of anilines is 1. The summed E-state index contributed by atoms with van der Waals surface area (Å²) in [6, 6.07) is 7.74. The van der Waals surface area contributed by atoms with Crippen molar-refractivity contribution in [3.63, 3.8) is 0 Å². The van der Waals surface area contributed by atoms with Gasteiger partial charge in [0.05, 0.1) is 15.3 Å². The maximum Gasteiger partial charge on any atom is 0.239 e. The number of fused-ring (bicyclic) bond motifs is 1. The van der Waals surface area contributed by atoms with E-state index in [0.717, 1.165) is 14.5 Å². The summed E-state index contributed by atoms with van der Waals surface area (Å²) >= 11 is 2.20. The van der Waals surface area contributed by atoms with Crippen molar-refractivity contribution in [3.05, 3.63) is 40.2 Å². The molecule has 18 heavy (non-hydrogen) atoms. The van der Waals surface area contributed by atoms with Gasteiger partial charge in [-0.15, -0.1) is 0 Å². The highest BCUT2D eigenvalue weighted by Crippen LogP contribution is 2.20. The second-order valence-electron chi connectivity index (χ2n) is 3.64. The molecule has 0 atom stereocenters. The zero-order chi connectivity index (χ0) is 12.5. The summed E-state index contributed by atoms with van der Waals surface area (Å²) in [5, 5.41) is 5.19. The minimum absolute atomic E-state index is 0.370. The van der Waals surface area contributed by atoms with E-state index in [-0.39, 0.29) is 0 Å². The van der Waals surface area contributed by atoms with Crippen molar-refractivity contribution < 1.29 is 0 Å². The van der Waals surface area contributed by atoms with Gasteiger partial charge < -0.3 is 0 Å². The maximum atomic E-state index is 5.39. The lowest BCUT2D eigenvalue weighted by atomic mass is 10.2. The molecule has 0 spiro atoms. The van der Waals surface area contributed by atoms with E-state index in [4.69, 9.17) is 5.84 Å². The van der Waals surface area contributed by atoms with Crippen molar-refractivity contribution >= 4 is 39.4 Å². The summed E-state index contributed by atoms with van der Waals surface area (Å²) in [5.74, 6) is 6.46. The Labute approximate surface area is 116 Å². The summed E-state index contributed by atoms with van der Waals surface area (Å²) in [7, 11) is 0. The molecule has 2 aromatic heterocycles. The highest BCUT2D eigenvalue weighted by atomic mass is 127. The van der Waals surface area contributed by atoms with Gasteiger partial charge in [-0.1, -0.05) is 12.1 Å². The summed E-state index contributed by atoms with van der Waals surface area (Å²) in [6.45, 7) is 0. The number of para-hydroxylation sites is 1. The standard InChI is InChI=1S/C11H9IN6/c12-7-5-14-18(6-7)10-8-3-1-2-4-9(8)15-11(16-10)17-13/h1-6H,13H2,(H,15,16,17). The van der Waals surface area contributed by atoms with Crippen LogP contribution in [0.4, 0.5) is 5.95 Å². The fraction of sp³-hybridized carbons (Fsp3) is 0. The van der Waals surface area contributed by atoms with E-state index in [1.54, 1.807) is 10.9 Å². The Morgan fingerprint density at radius 1 is 1.22 bits per heavy atom. The quantitative estimate of drug-likeness (QED) is 0.417. The number of benzene rings is 1. The lowest BCUT2D eigenvalue weighted by Crippen LogP contribution is -2.12. The second kappa shape index (κ2) is 4.50. The number of rotatable bonds is 2. The molecule has 2 heterocycles. The van der Waals surface area contributed by atoms with E-state index in [1.807, 2.05) is 30.5 Å². The minimum Gasteiger partial charge on any atom is -0.292 e. The van der Waals surface area contributed by atoms with Crippen molar-refractivity contribution in [3.8, 4) is 5.82 Å². The molecule has 0 saturated heterocycles. The Bertz CT molecular complexity index is 708. The number of nitrogens with one attached hydrogen (secondary N) is 1. The molecule has 1 aromatic carbocycles. The molecule has 0 amide bonds. The first-order valence-corrected chi connectivity index (χ1v) is 6.30. The fourth-order valence-corrected chi connectivity index (χ4v) is 2.10. The molecule has 0 aliphatic carbocycles. The first-order chi connectivity index (χ1) is 8.78. The Kier molecular flexibility index (Phi) is 2.84. The van der Waals surface area contributed by atoms with Crippen molar-refractivity contribution in [1.29, 1.82) is 0 Å². The third-order valence-electron chi connectivity index (χ3n) is 2.48. The van der Waals surface area contributed by atoms with Crippen LogP contribution in [0.25, 0.3) is 16.7 Å². The van der Waals surface area contributed by atoms with Crippen LogP contribution in [-0.4, -0.2) is 19.7 Å². The monoisotopic (exact) mass is 352 g/mol. The summed E-state index contributed by atoms with van der Waals surface area (Å²) in [6.07, 6.45) is 3.67. The number of nitrogen functional groups attached to an aromatic ring is 1. The van der Waals surface area contributed by atoms with Crippen LogP contribution >= 0.6 is 22.6 Å². The van der Waals surface area contributed by atoms with Crippen LogP contribution in [-0.2, 0) is 0 Å². The molecule has 0 aliphatic heterocycles. The number of hydrazine groups is 1. The molecule has 0 aliphatic rings. The average Bonchev–Trinajstić information content (AvgIpc) is 2.84. The van der Waals surface area contributed by atoms with Crippen LogP contribution in [0.3, 0.4) is 0 Å². The van der Waals surface area contributed by atoms with Gasteiger partial charge in [0.25, 0.3) is 0 Å². The van der Waals surface area contributed by atoms with E-state index in [0.29, 0.717) is 11.8 Å². The van der Waals surface area contributed by atoms with Crippen molar-refractivity contribution in [2.45, 2.75) is 0 Å². The smallest absolute Gasteiger partial charge is 0.239 e. The Morgan fingerprint density at radius 3 is 2.78 bits per heavy atom. The number of nitrogens with zero attached hydrogens (tertiary/aromatic N) is 4. The van der Waals surface area contributed by atoms with Crippen LogP contribution in [0.1, 0.15) is 0 Å². The predicted molar refractivity (Wildman–Crippen MR) is 77.2 cm³/mol. The lowest BCUT2D eigenvalue weighted by molar-refractivity contribution is 0.851. The van der Waals surface area contributed by atoms with E-state index in [9.17, 15) is 0 Å². The van der Waals surface area contributed by atoms with Gasteiger partial charge in [0, 0.05) is 11.6 Å². The molecular formula is C11H9IN6. The van der Waals surface area contributed by atoms with Crippen LogP contribution in [0.2, 0.25) is 0 Å². The second-order valence-corrected chi connectivity index (χ2v) is 4.88. The fourth-order valence-electron chi connectivity index (χ4n) is 1.72. The zero-order valence-electron chi connectivity index (χ0n) is 9.21. The van der Waals surface area contributed by atoms with Gasteiger partial charge in [0.15, 0.2) is 5.82 Å². The SMILES string of the molecule is NNc1nc(-n2cc(I)cn2)c2ccccc2n1. The Hall–Kier alpha value is -1.74. The summed E-state index contributed by atoms with van der Waals surface area (Å²) < 4.78 is 2.75. The van der Waals surface area contributed by atoms with Gasteiger partial charge in [-0.2, -0.15) is 10.1 Å². The van der Waals surface area contributed by atoms with E-state index in [2.05, 4.69) is 43.1 Å². The number of nitrogens with two attached hydrogens (primary N) is 1. The molecular weight excluding hydrogens is 343 g/mol. The molecule has 0 bridgehead atoms. The average molecular weight is 352 g/mol. The largest absolute Gasteiger partial charge is 0.292 e. The highest BCUT2D eigenvalue weighted by Gasteiger charge is 2.09. The van der Waals surface area contributed by atoms with E-state index < -0.39 is 0 Å². The van der Waals surface area contributed by atoms with Gasteiger partial charge in [0.2, 0.25) is 5.95 Å². The van der Waals surface area contributed by atoms with Gasteiger partial charge in [-0.25, -0.2) is 15.5 Å². The molecule has 90 valence electrons. The summed E-state index contributed by atoms with van der Waals surface area (Å²) in [4.78, 5) is 8.65.